The van der Waals surface area contributed by atoms with Crippen LogP contribution in [0.2, 0.25) is 5.02 Å². The van der Waals surface area contributed by atoms with Gasteiger partial charge in [-0.15, -0.1) is 0 Å². The van der Waals surface area contributed by atoms with E-state index in [1.165, 1.54) is 12.8 Å². The quantitative estimate of drug-likeness (QED) is 0.928. The first-order valence-electron chi connectivity index (χ1n) is 7.97. The molecule has 3 rings (SSSR count). The Morgan fingerprint density at radius 2 is 1.86 bits per heavy atom. The van der Waals surface area contributed by atoms with Crippen molar-refractivity contribution < 1.29 is 9.84 Å². The number of aliphatic hydroxyl groups excluding tert-OH is 1. The largest absolute Gasteiger partial charge is 0.391 e. The predicted octanol–water partition coefficient (Wildman–Crippen LogP) is 2.89. The van der Waals surface area contributed by atoms with Crippen molar-refractivity contribution in [2.45, 2.75) is 43.7 Å². The van der Waals surface area contributed by atoms with Gasteiger partial charge in [0.05, 0.1) is 19.3 Å². The topological polar surface area (TPSA) is 32.7 Å². The van der Waals surface area contributed by atoms with Crippen molar-refractivity contribution in [2.75, 3.05) is 26.3 Å². The number of benzene rings is 1. The molecule has 0 aromatic heterocycles. The van der Waals surface area contributed by atoms with Crippen molar-refractivity contribution in [2.24, 2.45) is 0 Å². The van der Waals surface area contributed by atoms with Crippen LogP contribution in [0.3, 0.4) is 0 Å². The van der Waals surface area contributed by atoms with Crippen molar-refractivity contribution in [3.8, 4) is 0 Å². The predicted molar refractivity (Wildman–Crippen MR) is 84.8 cm³/mol. The summed E-state index contributed by atoms with van der Waals surface area (Å²) in [5.41, 5.74) is 0.967. The summed E-state index contributed by atoms with van der Waals surface area (Å²) < 4.78 is 5.48. The molecule has 1 saturated carbocycles. The van der Waals surface area contributed by atoms with Gasteiger partial charge in [-0.1, -0.05) is 42.6 Å². The highest BCUT2D eigenvalue weighted by molar-refractivity contribution is 6.31. The van der Waals surface area contributed by atoms with Gasteiger partial charge in [-0.05, 0) is 24.5 Å². The second-order valence-electron chi connectivity index (χ2n) is 6.22. The summed E-state index contributed by atoms with van der Waals surface area (Å²) in [4.78, 5) is 2.46. The van der Waals surface area contributed by atoms with E-state index < -0.39 is 0 Å². The second-order valence-corrected chi connectivity index (χ2v) is 6.63. The van der Waals surface area contributed by atoms with Crippen molar-refractivity contribution in [3.05, 3.63) is 34.9 Å². The highest BCUT2D eigenvalue weighted by atomic mass is 35.5. The first kappa shape index (κ1) is 15.3. The lowest BCUT2D eigenvalue weighted by Crippen LogP contribution is -2.59. The molecule has 2 aliphatic rings. The Bertz CT molecular complexity index is 468. The molecule has 1 atom stereocenters. The van der Waals surface area contributed by atoms with Gasteiger partial charge in [-0.3, -0.25) is 4.90 Å². The Labute approximate surface area is 131 Å². The maximum atomic E-state index is 11.0. The molecule has 0 bridgehead atoms. The van der Waals surface area contributed by atoms with Crippen LogP contribution < -0.4 is 0 Å². The molecule has 1 unspecified atom stereocenters. The maximum Gasteiger partial charge on any atom is 0.0764 e. The molecule has 21 heavy (non-hydrogen) atoms. The van der Waals surface area contributed by atoms with Crippen molar-refractivity contribution >= 4 is 11.6 Å². The third-order valence-corrected chi connectivity index (χ3v) is 5.47. The summed E-state index contributed by atoms with van der Waals surface area (Å²) in [5, 5.41) is 11.7. The Morgan fingerprint density at radius 1 is 1.19 bits per heavy atom. The van der Waals surface area contributed by atoms with Crippen molar-refractivity contribution in [3.63, 3.8) is 0 Å². The average Bonchev–Trinajstić information content (AvgIpc) is 3.01. The normalized spacial score (nSPS) is 24.1. The van der Waals surface area contributed by atoms with E-state index in [-0.39, 0.29) is 11.6 Å². The number of rotatable bonds is 4. The molecule has 1 aromatic rings. The van der Waals surface area contributed by atoms with Crippen LogP contribution in [0.15, 0.2) is 24.3 Å². The molecular formula is C17H24ClNO2. The lowest BCUT2D eigenvalue weighted by Gasteiger charge is -2.46. The van der Waals surface area contributed by atoms with Crippen LogP contribution in [0.25, 0.3) is 0 Å². The number of hydrogen-bond acceptors (Lipinski definition) is 3. The number of morpholine rings is 1. The lowest BCUT2D eigenvalue weighted by molar-refractivity contribution is -0.0753. The number of nitrogens with zero attached hydrogens (tertiary/aromatic N) is 1. The molecule has 0 spiro atoms. The number of halogens is 1. The van der Waals surface area contributed by atoms with E-state index >= 15 is 0 Å². The SMILES string of the molecule is OC(Cc1ccccc1Cl)C1(N2CCOCC2)CCCC1. The number of aliphatic hydroxyl groups is 1. The Kier molecular flexibility index (Phi) is 4.85. The fraction of sp³-hybridized carbons (Fsp3) is 0.647. The molecule has 1 aliphatic heterocycles. The van der Waals surface area contributed by atoms with Gasteiger partial charge in [0.1, 0.15) is 0 Å². The van der Waals surface area contributed by atoms with Crippen LogP contribution >= 0.6 is 11.6 Å². The van der Waals surface area contributed by atoms with Crippen LogP contribution in [0.1, 0.15) is 31.2 Å². The molecule has 116 valence electrons. The highest BCUT2D eigenvalue weighted by Gasteiger charge is 2.45. The third-order valence-electron chi connectivity index (χ3n) is 5.10. The summed E-state index contributed by atoms with van der Waals surface area (Å²) in [5.74, 6) is 0. The molecule has 1 N–H and O–H groups in total. The zero-order valence-corrected chi connectivity index (χ0v) is 13.2. The smallest absolute Gasteiger partial charge is 0.0764 e. The second kappa shape index (κ2) is 6.66. The van der Waals surface area contributed by atoms with Crippen LogP contribution in [0, 0.1) is 0 Å². The minimum absolute atomic E-state index is 0.0804. The lowest BCUT2D eigenvalue weighted by atomic mass is 9.84. The molecular weight excluding hydrogens is 286 g/mol. The Hall–Kier alpha value is -0.610. The first-order chi connectivity index (χ1) is 10.2. The molecule has 1 aromatic carbocycles. The Balaban J connectivity index is 1.78. The monoisotopic (exact) mass is 309 g/mol. The van der Waals surface area contributed by atoms with E-state index in [1.54, 1.807) is 0 Å². The van der Waals surface area contributed by atoms with Gasteiger partial charge < -0.3 is 9.84 Å². The van der Waals surface area contributed by atoms with Crippen LogP contribution in [0.4, 0.5) is 0 Å². The van der Waals surface area contributed by atoms with E-state index in [9.17, 15) is 5.11 Å². The molecule has 1 saturated heterocycles. The zero-order valence-electron chi connectivity index (χ0n) is 12.4. The minimum Gasteiger partial charge on any atom is -0.391 e. The van der Waals surface area contributed by atoms with Crippen molar-refractivity contribution in [1.29, 1.82) is 0 Å². The summed E-state index contributed by atoms with van der Waals surface area (Å²) >= 11 is 6.26. The fourth-order valence-corrected chi connectivity index (χ4v) is 4.13. The van der Waals surface area contributed by atoms with E-state index in [4.69, 9.17) is 16.3 Å². The minimum atomic E-state index is -0.363. The van der Waals surface area contributed by atoms with Gasteiger partial charge >= 0.3 is 0 Å². The molecule has 0 radical (unpaired) electrons. The molecule has 0 amide bonds. The van der Waals surface area contributed by atoms with E-state index in [2.05, 4.69) is 4.90 Å². The summed E-state index contributed by atoms with van der Waals surface area (Å²) in [7, 11) is 0. The first-order valence-corrected chi connectivity index (χ1v) is 8.34. The van der Waals surface area contributed by atoms with E-state index in [1.807, 2.05) is 24.3 Å². The van der Waals surface area contributed by atoms with Crippen molar-refractivity contribution in [1.82, 2.24) is 4.90 Å². The van der Waals surface area contributed by atoms with E-state index in [0.29, 0.717) is 6.42 Å². The van der Waals surface area contributed by atoms with Crippen LogP contribution in [-0.4, -0.2) is 48.0 Å². The Morgan fingerprint density at radius 3 is 2.52 bits per heavy atom. The average molecular weight is 310 g/mol. The van der Waals surface area contributed by atoms with Gasteiger partial charge in [-0.2, -0.15) is 0 Å². The van der Waals surface area contributed by atoms with E-state index in [0.717, 1.165) is 49.7 Å². The maximum absolute atomic E-state index is 11.0. The zero-order chi connectivity index (χ0) is 14.7. The molecule has 2 fully saturated rings. The fourth-order valence-electron chi connectivity index (χ4n) is 3.92. The molecule has 3 nitrogen and oxygen atoms in total. The third kappa shape index (κ3) is 3.11. The van der Waals surface area contributed by atoms with Crippen LogP contribution in [-0.2, 0) is 11.2 Å². The summed E-state index contributed by atoms with van der Waals surface area (Å²) in [6.07, 6.45) is 4.85. The molecule has 1 heterocycles. The van der Waals surface area contributed by atoms with Gasteiger partial charge in [0, 0.05) is 30.1 Å². The van der Waals surface area contributed by atoms with Crippen LogP contribution in [0.5, 0.6) is 0 Å². The van der Waals surface area contributed by atoms with Gasteiger partial charge in [0.15, 0.2) is 0 Å². The summed E-state index contributed by atoms with van der Waals surface area (Å²) in [6.45, 7) is 3.42. The highest BCUT2D eigenvalue weighted by Crippen LogP contribution is 2.40. The van der Waals surface area contributed by atoms with Gasteiger partial charge in [0.2, 0.25) is 0 Å². The number of ether oxygens (including phenoxy) is 1. The van der Waals surface area contributed by atoms with Gasteiger partial charge in [0.25, 0.3) is 0 Å². The standard InChI is InChI=1S/C17H24ClNO2/c18-15-6-2-1-5-14(15)13-16(20)17(7-3-4-8-17)19-9-11-21-12-10-19/h1-2,5-6,16,20H,3-4,7-13H2. The summed E-state index contributed by atoms with van der Waals surface area (Å²) in [6, 6.07) is 7.85. The number of hydrogen-bond donors (Lipinski definition) is 1. The van der Waals surface area contributed by atoms with Gasteiger partial charge in [-0.25, -0.2) is 0 Å². The molecule has 4 heteroatoms. The molecule has 1 aliphatic carbocycles.